The van der Waals surface area contributed by atoms with Gasteiger partial charge in [-0.05, 0) is 43.5 Å². The second-order valence-corrected chi connectivity index (χ2v) is 4.94. The molecule has 1 aliphatic heterocycles. The summed E-state index contributed by atoms with van der Waals surface area (Å²) in [7, 11) is 1.96. The van der Waals surface area contributed by atoms with E-state index in [4.69, 9.17) is 4.74 Å². The molecule has 3 nitrogen and oxygen atoms in total. The van der Waals surface area contributed by atoms with Crippen molar-refractivity contribution in [1.29, 1.82) is 0 Å². The number of ether oxygens (including phenoxy) is 1. The van der Waals surface area contributed by atoms with E-state index in [0.29, 0.717) is 0 Å². The maximum atomic E-state index is 9.46. The van der Waals surface area contributed by atoms with Gasteiger partial charge in [0.25, 0.3) is 0 Å². The van der Waals surface area contributed by atoms with E-state index in [1.54, 1.807) is 0 Å². The molecule has 1 heterocycles. The smallest absolute Gasteiger partial charge is 0.122 e. The van der Waals surface area contributed by atoms with Crippen molar-refractivity contribution in [3.05, 3.63) is 29.3 Å². The van der Waals surface area contributed by atoms with Gasteiger partial charge in [0.2, 0.25) is 0 Å². The zero-order valence-electron chi connectivity index (χ0n) is 11.3. The Balaban J connectivity index is 2.25. The number of aliphatic hydroxyl groups excluding tert-OH is 1. The molecule has 0 spiro atoms. The third-order valence-corrected chi connectivity index (χ3v) is 3.83. The van der Waals surface area contributed by atoms with E-state index in [2.05, 4.69) is 30.4 Å². The predicted octanol–water partition coefficient (Wildman–Crippen LogP) is 2.29. The van der Waals surface area contributed by atoms with E-state index in [9.17, 15) is 5.11 Å². The van der Waals surface area contributed by atoms with E-state index >= 15 is 0 Å². The van der Waals surface area contributed by atoms with Crippen LogP contribution in [0.25, 0.3) is 0 Å². The highest BCUT2D eigenvalue weighted by Crippen LogP contribution is 2.31. The zero-order valence-corrected chi connectivity index (χ0v) is 11.3. The Morgan fingerprint density at radius 1 is 1.44 bits per heavy atom. The predicted molar refractivity (Wildman–Crippen MR) is 72.9 cm³/mol. The van der Waals surface area contributed by atoms with Crippen molar-refractivity contribution in [3.8, 4) is 5.75 Å². The molecule has 0 bridgehead atoms. The van der Waals surface area contributed by atoms with Crippen LogP contribution in [-0.4, -0.2) is 25.4 Å². The van der Waals surface area contributed by atoms with Gasteiger partial charge < -0.3 is 15.2 Å². The summed E-state index contributed by atoms with van der Waals surface area (Å²) in [5.74, 6) is 1.29. The summed E-state index contributed by atoms with van der Waals surface area (Å²) in [6.07, 6.45) is 3.16. The Morgan fingerprint density at radius 3 is 2.94 bits per heavy atom. The minimum atomic E-state index is 0.215. The van der Waals surface area contributed by atoms with Gasteiger partial charge in [-0.25, -0.2) is 0 Å². The Hall–Kier alpha value is -1.06. The number of aryl methyl sites for hydroxylation is 1. The largest absolute Gasteiger partial charge is 0.493 e. The number of rotatable bonds is 5. The van der Waals surface area contributed by atoms with Crippen LogP contribution in [0.15, 0.2) is 18.2 Å². The molecule has 0 aromatic heterocycles. The van der Waals surface area contributed by atoms with Gasteiger partial charge in [-0.2, -0.15) is 0 Å². The fourth-order valence-corrected chi connectivity index (χ4v) is 2.72. The fraction of sp³-hybridized carbons (Fsp3) is 0.600. The average molecular weight is 249 g/mol. The monoisotopic (exact) mass is 249 g/mol. The minimum Gasteiger partial charge on any atom is -0.493 e. The van der Waals surface area contributed by atoms with E-state index in [-0.39, 0.29) is 18.6 Å². The molecule has 18 heavy (non-hydrogen) atoms. The van der Waals surface area contributed by atoms with Gasteiger partial charge >= 0.3 is 0 Å². The molecule has 2 rings (SSSR count). The number of fused-ring (bicyclic) bond motifs is 1. The molecule has 0 fully saturated rings. The van der Waals surface area contributed by atoms with Gasteiger partial charge in [0, 0.05) is 18.6 Å². The van der Waals surface area contributed by atoms with Crippen molar-refractivity contribution < 1.29 is 9.84 Å². The molecule has 100 valence electrons. The standard InChI is InChI=1S/C15H23NO2/c1-3-11(10-17)15(16-2)13-6-7-14-12(9-13)5-4-8-18-14/h6-7,9,11,15-17H,3-5,8,10H2,1-2H3. The molecule has 2 N–H and O–H groups in total. The van der Waals surface area contributed by atoms with Crippen LogP contribution in [0.5, 0.6) is 5.75 Å². The van der Waals surface area contributed by atoms with Crippen molar-refractivity contribution >= 4 is 0 Å². The van der Waals surface area contributed by atoms with Crippen LogP contribution in [0.4, 0.5) is 0 Å². The summed E-state index contributed by atoms with van der Waals surface area (Å²) in [5, 5.41) is 12.8. The summed E-state index contributed by atoms with van der Waals surface area (Å²) in [5.41, 5.74) is 2.55. The summed E-state index contributed by atoms with van der Waals surface area (Å²) in [6.45, 7) is 3.17. The lowest BCUT2D eigenvalue weighted by molar-refractivity contribution is 0.189. The Morgan fingerprint density at radius 2 is 2.28 bits per heavy atom. The van der Waals surface area contributed by atoms with E-state index in [1.807, 2.05) is 7.05 Å². The first-order valence-corrected chi connectivity index (χ1v) is 6.83. The lowest BCUT2D eigenvalue weighted by Gasteiger charge is -2.26. The summed E-state index contributed by atoms with van der Waals surface area (Å²) >= 11 is 0. The van der Waals surface area contributed by atoms with Crippen molar-refractivity contribution in [3.63, 3.8) is 0 Å². The second kappa shape index (κ2) is 6.21. The van der Waals surface area contributed by atoms with Crippen molar-refractivity contribution in [2.45, 2.75) is 32.2 Å². The normalized spacial score (nSPS) is 17.7. The third kappa shape index (κ3) is 2.68. The van der Waals surface area contributed by atoms with Crippen LogP contribution in [0, 0.1) is 5.92 Å². The maximum Gasteiger partial charge on any atom is 0.122 e. The summed E-state index contributed by atoms with van der Waals surface area (Å²) < 4.78 is 5.64. The van der Waals surface area contributed by atoms with Crippen LogP contribution >= 0.6 is 0 Å². The van der Waals surface area contributed by atoms with Crippen molar-refractivity contribution in [1.82, 2.24) is 5.32 Å². The molecular formula is C15H23NO2. The van der Waals surface area contributed by atoms with E-state index < -0.39 is 0 Å². The topological polar surface area (TPSA) is 41.5 Å². The van der Waals surface area contributed by atoms with E-state index in [0.717, 1.165) is 31.6 Å². The lowest BCUT2D eigenvalue weighted by Crippen LogP contribution is -2.27. The minimum absolute atomic E-state index is 0.215. The molecular weight excluding hydrogens is 226 g/mol. The molecule has 0 saturated carbocycles. The van der Waals surface area contributed by atoms with Crippen LogP contribution in [-0.2, 0) is 6.42 Å². The molecule has 3 heteroatoms. The number of benzene rings is 1. The summed E-state index contributed by atoms with van der Waals surface area (Å²) in [6, 6.07) is 6.63. The molecule has 0 saturated heterocycles. The first-order chi connectivity index (χ1) is 8.80. The van der Waals surface area contributed by atoms with E-state index in [1.165, 1.54) is 11.1 Å². The van der Waals surface area contributed by atoms with Crippen molar-refractivity contribution in [2.75, 3.05) is 20.3 Å². The SMILES string of the molecule is CCC(CO)C(NC)c1ccc2c(c1)CCCO2. The molecule has 0 radical (unpaired) electrons. The van der Waals surface area contributed by atoms with Gasteiger partial charge in [0.1, 0.15) is 5.75 Å². The molecule has 0 aliphatic carbocycles. The van der Waals surface area contributed by atoms with Gasteiger partial charge in [-0.1, -0.05) is 19.1 Å². The summed E-state index contributed by atoms with van der Waals surface area (Å²) in [4.78, 5) is 0. The molecule has 1 aromatic rings. The average Bonchev–Trinajstić information content (AvgIpc) is 2.44. The van der Waals surface area contributed by atoms with Gasteiger partial charge in [0.15, 0.2) is 0 Å². The number of aliphatic hydroxyl groups is 1. The second-order valence-electron chi connectivity index (χ2n) is 4.94. The molecule has 1 aliphatic rings. The first-order valence-electron chi connectivity index (χ1n) is 6.83. The Labute approximate surface area is 109 Å². The van der Waals surface area contributed by atoms with Gasteiger partial charge in [0.05, 0.1) is 6.61 Å². The highest BCUT2D eigenvalue weighted by molar-refractivity contribution is 5.39. The first kappa shape index (κ1) is 13.4. The molecule has 2 unspecified atom stereocenters. The van der Waals surface area contributed by atoms with Gasteiger partial charge in [-0.15, -0.1) is 0 Å². The lowest BCUT2D eigenvalue weighted by atomic mass is 9.89. The number of nitrogens with one attached hydrogen (secondary N) is 1. The van der Waals surface area contributed by atoms with Crippen LogP contribution in [0.2, 0.25) is 0 Å². The zero-order chi connectivity index (χ0) is 13.0. The van der Waals surface area contributed by atoms with Crippen molar-refractivity contribution in [2.24, 2.45) is 5.92 Å². The number of hydrogen-bond donors (Lipinski definition) is 2. The highest BCUT2D eigenvalue weighted by Gasteiger charge is 2.21. The highest BCUT2D eigenvalue weighted by atomic mass is 16.5. The fourth-order valence-electron chi connectivity index (χ4n) is 2.72. The van der Waals surface area contributed by atoms with Crippen LogP contribution < -0.4 is 10.1 Å². The number of hydrogen-bond acceptors (Lipinski definition) is 3. The van der Waals surface area contributed by atoms with Crippen LogP contribution in [0.3, 0.4) is 0 Å². The third-order valence-electron chi connectivity index (χ3n) is 3.83. The quantitative estimate of drug-likeness (QED) is 0.841. The van der Waals surface area contributed by atoms with Crippen LogP contribution in [0.1, 0.15) is 36.9 Å². The van der Waals surface area contributed by atoms with Gasteiger partial charge in [-0.3, -0.25) is 0 Å². The maximum absolute atomic E-state index is 9.46. The molecule has 0 amide bonds. The Bertz CT molecular complexity index is 388. The molecule has 2 atom stereocenters. The molecule has 1 aromatic carbocycles. The Kier molecular flexibility index (Phi) is 4.61.